The zero-order chi connectivity index (χ0) is 10.7. The molecule has 1 aromatic rings. The van der Waals surface area contributed by atoms with Crippen molar-refractivity contribution in [2.75, 3.05) is 18.5 Å². The van der Waals surface area contributed by atoms with Crippen LogP contribution in [0.25, 0.3) is 0 Å². The molecule has 0 amide bonds. The molecule has 0 bridgehead atoms. The Morgan fingerprint density at radius 2 is 2.14 bits per heavy atom. The molecule has 0 aromatic heterocycles. The molecule has 2 nitrogen and oxygen atoms in total. The lowest BCUT2D eigenvalue weighted by molar-refractivity contribution is 0.622. The maximum absolute atomic E-state index is 13.0. The van der Waals surface area contributed by atoms with Crippen LogP contribution in [0.2, 0.25) is 0 Å². The van der Waals surface area contributed by atoms with Crippen molar-refractivity contribution in [2.45, 2.75) is 19.9 Å². The van der Waals surface area contributed by atoms with Gasteiger partial charge >= 0.3 is 0 Å². The van der Waals surface area contributed by atoms with Crippen molar-refractivity contribution in [1.29, 1.82) is 0 Å². The Morgan fingerprint density at radius 3 is 2.64 bits per heavy atom. The summed E-state index contributed by atoms with van der Waals surface area (Å²) in [5.74, 6) is -0.231. The van der Waals surface area contributed by atoms with Crippen LogP contribution in [0, 0.1) is 5.82 Å². The first kappa shape index (κ1) is 11.0. The number of hydrogen-bond donors (Lipinski definition) is 1. The van der Waals surface area contributed by atoms with E-state index in [4.69, 9.17) is 5.73 Å². The summed E-state index contributed by atoms with van der Waals surface area (Å²) in [4.78, 5) is 2.05. The van der Waals surface area contributed by atoms with Crippen molar-refractivity contribution >= 4 is 5.69 Å². The molecule has 0 radical (unpaired) electrons. The average Bonchev–Trinajstić information content (AvgIpc) is 2.16. The van der Waals surface area contributed by atoms with Crippen LogP contribution in [0.5, 0.6) is 0 Å². The molecule has 0 spiro atoms. The summed E-state index contributed by atoms with van der Waals surface area (Å²) in [6, 6.07) is 4.60. The number of benzene rings is 1. The highest BCUT2D eigenvalue weighted by atomic mass is 19.1. The third kappa shape index (κ3) is 2.23. The first-order valence-corrected chi connectivity index (χ1v) is 4.82. The number of rotatable bonds is 3. The lowest BCUT2D eigenvalue weighted by Gasteiger charge is -2.22. The molecule has 0 saturated heterocycles. The van der Waals surface area contributed by atoms with Gasteiger partial charge in [0.15, 0.2) is 0 Å². The molecule has 0 fully saturated rings. The van der Waals surface area contributed by atoms with Gasteiger partial charge in [-0.05, 0) is 37.6 Å². The summed E-state index contributed by atoms with van der Waals surface area (Å²) in [5, 5.41) is 0. The fraction of sp³-hybridized carbons (Fsp3) is 0.455. The molecule has 2 N–H and O–H groups in total. The Morgan fingerprint density at radius 1 is 1.50 bits per heavy atom. The van der Waals surface area contributed by atoms with Crippen LogP contribution in [0.1, 0.15) is 25.5 Å². The molecule has 1 atom stereocenters. The van der Waals surface area contributed by atoms with Gasteiger partial charge in [-0.2, -0.15) is 0 Å². The second-order valence-electron chi connectivity index (χ2n) is 3.51. The molecule has 3 heteroatoms. The molecule has 78 valence electrons. The maximum atomic E-state index is 13.0. The van der Waals surface area contributed by atoms with Gasteiger partial charge in [-0.3, -0.25) is 0 Å². The Bertz CT molecular complexity index is 310. The molecule has 0 aliphatic heterocycles. The molecule has 0 aliphatic rings. The van der Waals surface area contributed by atoms with Crippen molar-refractivity contribution in [2.24, 2.45) is 5.73 Å². The Balaban J connectivity index is 3.14. The van der Waals surface area contributed by atoms with Crippen molar-refractivity contribution in [1.82, 2.24) is 0 Å². The van der Waals surface area contributed by atoms with Crippen LogP contribution in [0.4, 0.5) is 10.1 Å². The minimum absolute atomic E-state index is 0.144. The first-order chi connectivity index (χ1) is 6.56. The van der Waals surface area contributed by atoms with Crippen molar-refractivity contribution in [3.05, 3.63) is 29.6 Å². The van der Waals surface area contributed by atoms with Gasteiger partial charge in [0, 0.05) is 25.3 Å². The predicted molar refractivity (Wildman–Crippen MR) is 57.9 cm³/mol. The number of hydrogen-bond acceptors (Lipinski definition) is 2. The Kier molecular flexibility index (Phi) is 3.47. The second-order valence-corrected chi connectivity index (χ2v) is 3.51. The van der Waals surface area contributed by atoms with E-state index in [1.54, 1.807) is 6.07 Å². The average molecular weight is 196 g/mol. The summed E-state index contributed by atoms with van der Waals surface area (Å²) < 4.78 is 13.0. The molecular weight excluding hydrogens is 179 g/mol. The van der Waals surface area contributed by atoms with E-state index < -0.39 is 0 Å². The van der Waals surface area contributed by atoms with E-state index in [0.717, 1.165) is 17.8 Å². The highest BCUT2D eigenvalue weighted by Crippen LogP contribution is 2.24. The van der Waals surface area contributed by atoms with Crippen LogP contribution < -0.4 is 10.6 Å². The summed E-state index contributed by atoms with van der Waals surface area (Å²) in [6.45, 7) is 4.79. The number of anilines is 1. The second kappa shape index (κ2) is 4.42. The van der Waals surface area contributed by atoms with E-state index in [0.29, 0.717) is 0 Å². The van der Waals surface area contributed by atoms with Gasteiger partial charge in [-0.15, -0.1) is 0 Å². The topological polar surface area (TPSA) is 29.3 Å². The van der Waals surface area contributed by atoms with Crippen LogP contribution >= 0.6 is 0 Å². The summed E-state index contributed by atoms with van der Waals surface area (Å²) in [5.41, 5.74) is 7.64. The van der Waals surface area contributed by atoms with Gasteiger partial charge in [0.25, 0.3) is 0 Å². The summed E-state index contributed by atoms with van der Waals surface area (Å²) in [6.07, 6.45) is 0. The number of halogens is 1. The lowest BCUT2D eigenvalue weighted by Crippen LogP contribution is -2.20. The van der Waals surface area contributed by atoms with E-state index in [-0.39, 0.29) is 11.9 Å². The third-order valence-electron chi connectivity index (χ3n) is 2.37. The zero-order valence-electron chi connectivity index (χ0n) is 8.92. The fourth-order valence-corrected chi connectivity index (χ4v) is 1.41. The van der Waals surface area contributed by atoms with Crippen LogP contribution in [-0.2, 0) is 0 Å². The van der Waals surface area contributed by atoms with Crippen molar-refractivity contribution < 1.29 is 4.39 Å². The molecule has 14 heavy (non-hydrogen) atoms. The quantitative estimate of drug-likeness (QED) is 0.803. The van der Waals surface area contributed by atoms with E-state index >= 15 is 0 Å². The summed E-state index contributed by atoms with van der Waals surface area (Å²) >= 11 is 0. The summed E-state index contributed by atoms with van der Waals surface area (Å²) in [7, 11) is 1.97. The monoisotopic (exact) mass is 196 g/mol. The third-order valence-corrected chi connectivity index (χ3v) is 2.37. The fourth-order valence-electron chi connectivity index (χ4n) is 1.41. The van der Waals surface area contributed by atoms with E-state index in [1.165, 1.54) is 12.1 Å². The highest BCUT2D eigenvalue weighted by molar-refractivity contribution is 5.54. The van der Waals surface area contributed by atoms with Crippen molar-refractivity contribution in [3.63, 3.8) is 0 Å². The van der Waals surface area contributed by atoms with Gasteiger partial charge in [0.2, 0.25) is 0 Å². The molecule has 0 saturated carbocycles. The maximum Gasteiger partial charge on any atom is 0.123 e. The zero-order valence-corrected chi connectivity index (χ0v) is 8.92. The van der Waals surface area contributed by atoms with Gasteiger partial charge in [-0.1, -0.05) is 0 Å². The standard InChI is InChI=1S/C11H17FN2/c1-4-14(3)11-6-5-9(12)7-10(11)8(2)13/h5-8H,4,13H2,1-3H3. The normalized spacial score (nSPS) is 12.6. The molecule has 1 aromatic carbocycles. The molecule has 1 unspecified atom stereocenters. The molecule has 0 heterocycles. The Labute approximate surface area is 84.5 Å². The van der Waals surface area contributed by atoms with Crippen LogP contribution in [0.3, 0.4) is 0 Å². The van der Waals surface area contributed by atoms with E-state index in [9.17, 15) is 4.39 Å². The molecule has 1 rings (SSSR count). The van der Waals surface area contributed by atoms with Gasteiger partial charge in [0.1, 0.15) is 5.82 Å². The number of nitrogens with two attached hydrogens (primary N) is 1. The van der Waals surface area contributed by atoms with Gasteiger partial charge < -0.3 is 10.6 Å². The molecule has 0 aliphatic carbocycles. The largest absolute Gasteiger partial charge is 0.375 e. The number of nitrogens with zero attached hydrogens (tertiary/aromatic N) is 1. The van der Waals surface area contributed by atoms with Gasteiger partial charge in [0.05, 0.1) is 0 Å². The van der Waals surface area contributed by atoms with E-state index in [2.05, 4.69) is 4.90 Å². The predicted octanol–water partition coefficient (Wildman–Crippen LogP) is 2.30. The van der Waals surface area contributed by atoms with Crippen LogP contribution in [0.15, 0.2) is 18.2 Å². The smallest absolute Gasteiger partial charge is 0.123 e. The minimum Gasteiger partial charge on any atom is -0.375 e. The first-order valence-electron chi connectivity index (χ1n) is 4.82. The van der Waals surface area contributed by atoms with Crippen molar-refractivity contribution in [3.8, 4) is 0 Å². The van der Waals surface area contributed by atoms with Gasteiger partial charge in [-0.25, -0.2) is 4.39 Å². The molecular formula is C11H17FN2. The SMILES string of the molecule is CCN(C)c1ccc(F)cc1C(C)N. The van der Waals surface area contributed by atoms with E-state index in [1.807, 2.05) is 20.9 Å². The minimum atomic E-state index is -0.231. The van der Waals surface area contributed by atoms with Crippen LogP contribution in [-0.4, -0.2) is 13.6 Å². The highest BCUT2D eigenvalue weighted by Gasteiger charge is 2.10. The lowest BCUT2D eigenvalue weighted by atomic mass is 10.1. The Hall–Kier alpha value is -1.09.